The third kappa shape index (κ3) is 4.55. The molecule has 1 aliphatic carbocycles. The van der Waals surface area contributed by atoms with E-state index in [9.17, 15) is 19.7 Å². The Kier molecular flexibility index (Phi) is 6.66. The van der Waals surface area contributed by atoms with Crippen LogP contribution in [-0.2, 0) is 19.1 Å². The molecule has 0 amide bonds. The minimum Gasteiger partial charge on any atom is -0.460 e. The van der Waals surface area contributed by atoms with Crippen molar-refractivity contribution in [2.45, 2.75) is 31.6 Å². The van der Waals surface area contributed by atoms with Crippen molar-refractivity contribution in [1.29, 1.82) is 0 Å². The third-order valence-electron chi connectivity index (χ3n) is 6.87. The van der Waals surface area contributed by atoms with Crippen LogP contribution in [0.25, 0.3) is 0 Å². The van der Waals surface area contributed by atoms with Gasteiger partial charge in [0.25, 0.3) is 5.69 Å². The summed E-state index contributed by atoms with van der Waals surface area (Å²) in [4.78, 5) is 38.7. The average molecular weight is 507 g/mol. The molecule has 2 aliphatic heterocycles. The summed E-state index contributed by atoms with van der Waals surface area (Å²) in [7, 11) is 1.49. The predicted molar refractivity (Wildman–Crippen MR) is 131 cm³/mol. The van der Waals surface area contributed by atoms with Gasteiger partial charge in [-0.1, -0.05) is 30.3 Å². The monoisotopic (exact) mass is 506 g/mol. The van der Waals surface area contributed by atoms with E-state index in [-0.39, 0.29) is 60.7 Å². The molecule has 2 aromatic carbocycles. The highest BCUT2D eigenvalue weighted by molar-refractivity contribution is 6.04. The molecule has 0 spiro atoms. The number of nitro benzene ring substituents is 1. The SMILES string of the molecule is COCCOC(=O)C1=C(C)NC2=C(C(=O)C[C@H](c3ccccc3)C2)[C@@H]1c1cc2c(cc1[N+](=O)[O-])OCO2. The first-order valence-electron chi connectivity index (χ1n) is 11.9. The summed E-state index contributed by atoms with van der Waals surface area (Å²) in [6, 6.07) is 12.5. The van der Waals surface area contributed by atoms with Crippen molar-refractivity contribution < 1.29 is 33.5 Å². The Morgan fingerprint density at radius 2 is 1.86 bits per heavy atom. The van der Waals surface area contributed by atoms with Crippen LogP contribution in [0.4, 0.5) is 5.69 Å². The van der Waals surface area contributed by atoms with E-state index < -0.39 is 16.8 Å². The van der Waals surface area contributed by atoms with Crippen molar-refractivity contribution in [3.05, 3.63) is 86.2 Å². The first-order valence-corrected chi connectivity index (χ1v) is 11.9. The van der Waals surface area contributed by atoms with Crippen LogP contribution in [0.15, 0.2) is 65.0 Å². The number of methoxy groups -OCH3 is 1. The van der Waals surface area contributed by atoms with Gasteiger partial charge in [0, 0.05) is 36.1 Å². The number of dihydropyridines is 1. The van der Waals surface area contributed by atoms with Crippen LogP contribution in [0, 0.1) is 10.1 Å². The maximum atomic E-state index is 13.7. The molecule has 0 fully saturated rings. The van der Waals surface area contributed by atoms with Gasteiger partial charge in [-0.15, -0.1) is 0 Å². The van der Waals surface area contributed by atoms with E-state index >= 15 is 0 Å². The lowest BCUT2D eigenvalue weighted by Gasteiger charge is -2.36. The number of carbonyl (C=O) groups excluding carboxylic acids is 2. The van der Waals surface area contributed by atoms with E-state index in [1.807, 2.05) is 30.3 Å². The summed E-state index contributed by atoms with van der Waals surface area (Å²) in [6.07, 6.45) is 0.730. The highest BCUT2D eigenvalue weighted by Gasteiger charge is 2.44. The van der Waals surface area contributed by atoms with Crippen LogP contribution in [0.5, 0.6) is 11.5 Å². The highest BCUT2D eigenvalue weighted by atomic mass is 16.7. The van der Waals surface area contributed by atoms with Gasteiger partial charge in [0.05, 0.1) is 29.1 Å². The van der Waals surface area contributed by atoms with E-state index in [1.165, 1.54) is 19.2 Å². The van der Waals surface area contributed by atoms with Crippen molar-refractivity contribution in [3.63, 3.8) is 0 Å². The topological polar surface area (TPSA) is 126 Å². The summed E-state index contributed by atoms with van der Waals surface area (Å²) in [5.41, 5.74) is 2.53. The molecule has 5 rings (SSSR count). The zero-order valence-electron chi connectivity index (χ0n) is 20.4. The average Bonchev–Trinajstić information content (AvgIpc) is 3.35. The number of benzene rings is 2. The Hall–Kier alpha value is -4.18. The number of hydrogen-bond donors (Lipinski definition) is 1. The molecule has 0 aromatic heterocycles. The molecule has 192 valence electrons. The molecule has 0 radical (unpaired) electrons. The minimum atomic E-state index is -1.01. The molecule has 10 nitrogen and oxygen atoms in total. The number of ketones is 1. The number of ether oxygens (including phenoxy) is 4. The lowest BCUT2D eigenvalue weighted by Crippen LogP contribution is -2.36. The zero-order chi connectivity index (χ0) is 26.1. The Labute approximate surface area is 213 Å². The lowest BCUT2D eigenvalue weighted by molar-refractivity contribution is -0.385. The standard InChI is InChI=1S/C27H26N2O8/c1-15-24(27(31)35-9-8-34-2)25(18-12-22-23(37-14-36-22)13-20(18)29(32)33)26-19(28-15)10-17(11-21(26)30)16-6-4-3-5-7-16/h3-7,12-13,17,25,28H,8-11,14H2,1-2H3/t17-,25-/m1/s1. The third-order valence-corrected chi connectivity index (χ3v) is 6.87. The van der Waals surface area contributed by atoms with E-state index in [1.54, 1.807) is 6.92 Å². The van der Waals surface area contributed by atoms with Crippen LogP contribution in [0.1, 0.15) is 42.7 Å². The van der Waals surface area contributed by atoms with Crippen LogP contribution in [0.2, 0.25) is 0 Å². The van der Waals surface area contributed by atoms with E-state index in [4.69, 9.17) is 18.9 Å². The van der Waals surface area contributed by atoms with Crippen LogP contribution in [0.3, 0.4) is 0 Å². The maximum absolute atomic E-state index is 13.7. The summed E-state index contributed by atoms with van der Waals surface area (Å²) in [6.45, 7) is 1.82. The second-order valence-corrected chi connectivity index (χ2v) is 9.08. The fourth-order valence-corrected chi connectivity index (χ4v) is 5.21. The highest BCUT2D eigenvalue weighted by Crippen LogP contribution is 2.50. The van der Waals surface area contributed by atoms with Gasteiger partial charge in [0.1, 0.15) is 6.61 Å². The number of fused-ring (bicyclic) bond motifs is 1. The molecule has 0 unspecified atom stereocenters. The molecule has 2 atom stereocenters. The van der Waals surface area contributed by atoms with Crippen molar-refractivity contribution in [2.75, 3.05) is 27.1 Å². The van der Waals surface area contributed by atoms with Crippen molar-refractivity contribution in [2.24, 2.45) is 0 Å². The normalized spacial score (nSPS) is 20.4. The van der Waals surface area contributed by atoms with Gasteiger partial charge in [-0.25, -0.2) is 4.79 Å². The smallest absolute Gasteiger partial charge is 0.336 e. The Morgan fingerprint density at radius 1 is 1.14 bits per heavy atom. The van der Waals surface area contributed by atoms with E-state index in [2.05, 4.69) is 5.32 Å². The predicted octanol–water partition coefficient (Wildman–Crippen LogP) is 3.87. The number of Topliss-reactive ketones (excluding diaryl/α,β-unsaturated/α-hetero) is 1. The van der Waals surface area contributed by atoms with Crippen LogP contribution in [-0.4, -0.2) is 43.8 Å². The number of nitrogens with zero attached hydrogens (tertiary/aromatic N) is 1. The molecule has 37 heavy (non-hydrogen) atoms. The number of carbonyl (C=O) groups is 2. The second-order valence-electron chi connectivity index (χ2n) is 9.08. The number of rotatable bonds is 7. The van der Waals surface area contributed by atoms with Crippen molar-refractivity contribution >= 4 is 17.4 Å². The number of allylic oxidation sites excluding steroid dienone is 3. The van der Waals surface area contributed by atoms with Crippen LogP contribution < -0.4 is 14.8 Å². The minimum absolute atomic E-state index is 0.00199. The van der Waals surface area contributed by atoms with Gasteiger partial charge in [0.2, 0.25) is 6.79 Å². The Balaban J connectivity index is 1.65. The number of nitrogens with one attached hydrogen (secondary N) is 1. The lowest BCUT2D eigenvalue weighted by atomic mass is 9.71. The van der Waals surface area contributed by atoms with Gasteiger partial charge in [-0.2, -0.15) is 0 Å². The first kappa shape index (κ1) is 24.5. The fraction of sp³-hybridized carbons (Fsp3) is 0.333. The molecule has 1 N–H and O–H groups in total. The summed E-state index contributed by atoms with van der Waals surface area (Å²) < 4.78 is 21.2. The second kappa shape index (κ2) is 10.1. The first-order chi connectivity index (χ1) is 17.9. The van der Waals surface area contributed by atoms with Gasteiger partial charge < -0.3 is 24.3 Å². The maximum Gasteiger partial charge on any atom is 0.336 e. The summed E-state index contributed by atoms with van der Waals surface area (Å²) in [5, 5.41) is 15.4. The van der Waals surface area contributed by atoms with Gasteiger partial charge in [-0.05, 0) is 30.9 Å². The Morgan fingerprint density at radius 3 is 2.57 bits per heavy atom. The molecule has 0 bridgehead atoms. The zero-order valence-corrected chi connectivity index (χ0v) is 20.4. The quantitative estimate of drug-likeness (QED) is 0.258. The largest absolute Gasteiger partial charge is 0.460 e. The van der Waals surface area contributed by atoms with Gasteiger partial charge in [0.15, 0.2) is 17.3 Å². The number of esters is 1. The molecule has 2 heterocycles. The van der Waals surface area contributed by atoms with Crippen LogP contribution >= 0.6 is 0 Å². The number of hydrogen-bond acceptors (Lipinski definition) is 9. The molecule has 0 saturated heterocycles. The molecule has 3 aliphatic rings. The molecule has 2 aromatic rings. The Bertz CT molecular complexity index is 1330. The molecule has 0 saturated carbocycles. The van der Waals surface area contributed by atoms with Crippen molar-refractivity contribution in [1.82, 2.24) is 5.32 Å². The summed E-state index contributed by atoms with van der Waals surface area (Å²) in [5.74, 6) is -1.38. The summed E-state index contributed by atoms with van der Waals surface area (Å²) >= 11 is 0. The van der Waals surface area contributed by atoms with E-state index in [0.29, 0.717) is 29.1 Å². The fourth-order valence-electron chi connectivity index (χ4n) is 5.21. The molecular weight excluding hydrogens is 480 g/mol. The van der Waals surface area contributed by atoms with E-state index in [0.717, 1.165) is 5.56 Å². The molecule has 10 heteroatoms. The van der Waals surface area contributed by atoms with Crippen molar-refractivity contribution in [3.8, 4) is 11.5 Å². The van der Waals surface area contributed by atoms with Gasteiger partial charge in [-0.3, -0.25) is 14.9 Å². The number of nitro groups is 1. The molecular formula is C27H26N2O8. The van der Waals surface area contributed by atoms with Gasteiger partial charge >= 0.3 is 5.97 Å².